The molecule has 2 aliphatic rings. The molecule has 118 valence electrons. The molecule has 1 aromatic carbocycles. The van der Waals surface area contributed by atoms with Crippen LogP contribution in [0.25, 0.3) is 0 Å². The van der Waals surface area contributed by atoms with E-state index in [0.717, 1.165) is 6.42 Å². The number of hydrogen-bond acceptors (Lipinski definition) is 3. The lowest BCUT2D eigenvalue weighted by molar-refractivity contribution is -0.128. The Labute approximate surface area is 130 Å². The molecule has 1 heterocycles. The number of benzene rings is 1. The molecule has 1 saturated heterocycles. The van der Waals surface area contributed by atoms with E-state index in [0.29, 0.717) is 31.5 Å². The van der Waals surface area contributed by atoms with Crippen LogP contribution >= 0.6 is 0 Å². The molecular weight excluding hydrogens is 278 g/mol. The molecule has 3 N–H and O–H groups in total. The van der Waals surface area contributed by atoms with Gasteiger partial charge in [-0.05, 0) is 12.0 Å². The normalized spacial score (nSPS) is 28.5. The standard InChI is InChI=1S/C17H23N3O2/c1-11(9-18)17(22)19-13-7-16(21)20(10-13)15-8-14(15)12-5-3-2-4-6-12/h2-6,11,13-15H,7-10,18H2,1H3,(H,19,22). The molecule has 5 heteroatoms. The molecule has 0 aromatic heterocycles. The fourth-order valence-electron chi connectivity index (χ4n) is 3.18. The second kappa shape index (κ2) is 6.08. The quantitative estimate of drug-likeness (QED) is 0.847. The highest BCUT2D eigenvalue weighted by Crippen LogP contribution is 2.45. The number of amides is 2. The summed E-state index contributed by atoms with van der Waals surface area (Å²) in [4.78, 5) is 26.0. The number of carbonyl (C=O) groups is 2. The fraction of sp³-hybridized carbons (Fsp3) is 0.529. The lowest BCUT2D eigenvalue weighted by Crippen LogP contribution is -2.42. The van der Waals surface area contributed by atoms with E-state index in [1.165, 1.54) is 5.56 Å². The molecule has 22 heavy (non-hydrogen) atoms. The third kappa shape index (κ3) is 2.99. The summed E-state index contributed by atoms with van der Waals surface area (Å²) in [5.74, 6) is 0.330. The number of carbonyl (C=O) groups excluding carboxylic acids is 2. The van der Waals surface area contributed by atoms with E-state index in [9.17, 15) is 9.59 Å². The molecule has 1 aliphatic heterocycles. The second-order valence-corrected chi connectivity index (χ2v) is 6.41. The van der Waals surface area contributed by atoms with Crippen LogP contribution in [0.4, 0.5) is 0 Å². The number of rotatable bonds is 5. The summed E-state index contributed by atoms with van der Waals surface area (Å²) in [7, 11) is 0. The summed E-state index contributed by atoms with van der Waals surface area (Å²) in [6.07, 6.45) is 1.43. The van der Waals surface area contributed by atoms with E-state index in [1.54, 1.807) is 6.92 Å². The van der Waals surface area contributed by atoms with Crippen molar-refractivity contribution >= 4 is 11.8 Å². The van der Waals surface area contributed by atoms with Crippen LogP contribution in [-0.4, -0.2) is 41.9 Å². The van der Waals surface area contributed by atoms with Gasteiger partial charge >= 0.3 is 0 Å². The largest absolute Gasteiger partial charge is 0.351 e. The van der Waals surface area contributed by atoms with Crippen LogP contribution < -0.4 is 11.1 Å². The molecule has 4 atom stereocenters. The maximum absolute atomic E-state index is 12.2. The van der Waals surface area contributed by atoms with Gasteiger partial charge in [0.05, 0.1) is 6.04 Å². The van der Waals surface area contributed by atoms with Gasteiger partial charge in [-0.25, -0.2) is 0 Å². The highest BCUT2D eigenvalue weighted by molar-refractivity contribution is 5.83. The van der Waals surface area contributed by atoms with Crippen molar-refractivity contribution in [2.45, 2.75) is 37.8 Å². The molecule has 0 spiro atoms. The van der Waals surface area contributed by atoms with Crippen LogP contribution in [-0.2, 0) is 9.59 Å². The minimum atomic E-state index is -0.206. The highest BCUT2D eigenvalue weighted by Gasteiger charge is 2.47. The van der Waals surface area contributed by atoms with Gasteiger partial charge in [0.15, 0.2) is 0 Å². The van der Waals surface area contributed by atoms with Crippen molar-refractivity contribution in [1.82, 2.24) is 10.2 Å². The summed E-state index contributed by atoms with van der Waals surface area (Å²) < 4.78 is 0. The van der Waals surface area contributed by atoms with Crippen molar-refractivity contribution < 1.29 is 9.59 Å². The molecule has 0 radical (unpaired) electrons. The molecular formula is C17H23N3O2. The van der Waals surface area contributed by atoms with Crippen molar-refractivity contribution in [2.75, 3.05) is 13.1 Å². The third-order valence-corrected chi connectivity index (χ3v) is 4.69. The Hall–Kier alpha value is -1.88. The van der Waals surface area contributed by atoms with Gasteiger partial charge < -0.3 is 16.0 Å². The summed E-state index contributed by atoms with van der Waals surface area (Å²) >= 11 is 0. The molecule has 0 bridgehead atoms. The van der Waals surface area contributed by atoms with Crippen LogP contribution in [0, 0.1) is 5.92 Å². The molecule has 1 saturated carbocycles. The maximum atomic E-state index is 12.2. The Balaban J connectivity index is 1.57. The first kappa shape index (κ1) is 15.0. The predicted molar refractivity (Wildman–Crippen MR) is 84.1 cm³/mol. The zero-order chi connectivity index (χ0) is 15.7. The predicted octanol–water partition coefficient (Wildman–Crippen LogP) is 0.854. The summed E-state index contributed by atoms with van der Waals surface area (Å²) in [5, 5.41) is 2.95. The highest BCUT2D eigenvalue weighted by atomic mass is 16.2. The van der Waals surface area contributed by atoms with Gasteiger partial charge in [-0.1, -0.05) is 37.3 Å². The summed E-state index contributed by atoms with van der Waals surface area (Å²) in [6, 6.07) is 10.5. The van der Waals surface area contributed by atoms with Crippen molar-refractivity contribution in [2.24, 2.45) is 11.7 Å². The van der Waals surface area contributed by atoms with E-state index in [-0.39, 0.29) is 23.8 Å². The van der Waals surface area contributed by atoms with Gasteiger partial charge in [0.2, 0.25) is 11.8 Å². The van der Waals surface area contributed by atoms with Gasteiger partial charge in [0.1, 0.15) is 0 Å². The second-order valence-electron chi connectivity index (χ2n) is 6.41. The van der Waals surface area contributed by atoms with E-state index >= 15 is 0 Å². The van der Waals surface area contributed by atoms with Crippen molar-refractivity contribution in [3.63, 3.8) is 0 Å². The summed E-state index contributed by atoms with van der Waals surface area (Å²) in [6.45, 7) is 2.75. The number of nitrogens with zero attached hydrogens (tertiary/aromatic N) is 1. The lowest BCUT2D eigenvalue weighted by atomic mass is 10.1. The molecule has 3 rings (SSSR count). The Morgan fingerprint density at radius 3 is 2.82 bits per heavy atom. The average Bonchev–Trinajstić information content (AvgIpc) is 3.25. The molecule has 4 unspecified atom stereocenters. The minimum Gasteiger partial charge on any atom is -0.351 e. The number of hydrogen-bond donors (Lipinski definition) is 2. The SMILES string of the molecule is CC(CN)C(=O)NC1CC(=O)N(C2CC2c2ccccc2)C1. The van der Waals surface area contributed by atoms with E-state index in [1.807, 2.05) is 23.1 Å². The molecule has 2 fully saturated rings. The smallest absolute Gasteiger partial charge is 0.225 e. The Morgan fingerprint density at radius 2 is 2.14 bits per heavy atom. The zero-order valence-electron chi connectivity index (χ0n) is 12.9. The van der Waals surface area contributed by atoms with Gasteiger partial charge in [-0.3, -0.25) is 9.59 Å². The molecule has 5 nitrogen and oxygen atoms in total. The maximum Gasteiger partial charge on any atom is 0.225 e. The monoisotopic (exact) mass is 301 g/mol. The van der Waals surface area contributed by atoms with Gasteiger partial charge in [-0.2, -0.15) is 0 Å². The Bertz CT molecular complexity index is 560. The lowest BCUT2D eigenvalue weighted by Gasteiger charge is -2.18. The van der Waals surface area contributed by atoms with E-state index in [4.69, 9.17) is 5.73 Å². The number of nitrogens with one attached hydrogen (secondary N) is 1. The van der Waals surface area contributed by atoms with Crippen molar-refractivity contribution in [3.05, 3.63) is 35.9 Å². The Morgan fingerprint density at radius 1 is 1.41 bits per heavy atom. The van der Waals surface area contributed by atoms with Gasteiger partial charge in [0, 0.05) is 37.4 Å². The number of likely N-dealkylation sites (tertiary alicyclic amines) is 1. The summed E-state index contributed by atoms with van der Waals surface area (Å²) in [5.41, 5.74) is 6.80. The first-order valence-electron chi connectivity index (χ1n) is 7.95. The van der Waals surface area contributed by atoms with E-state index in [2.05, 4.69) is 17.4 Å². The fourth-order valence-corrected chi connectivity index (χ4v) is 3.18. The van der Waals surface area contributed by atoms with Crippen molar-refractivity contribution in [3.8, 4) is 0 Å². The molecule has 2 amide bonds. The van der Waals surface area contributed by atoms with Gasteiger partial charge in [-0.15, -0.1) is 0 Å². The van der Waals surface area contributed by atoms with Crippen LogP contribution in [0.2, 0.25) is 0 Å². The average molecular weight is 301 g/mol. The van der Waals surface area contributed by atoms with Crippen LogP contribution in [0.5, 0.6) is 0 Å². The van der Waals surface area contributed by atoms with E-state index < -0.39 is 0 Å². The third-order valence-electron chi connectivity index (χ3n) is 4.69. The van der Waals surface area contributed by atoms with Crippen LogP contribution in [0.3, 0.4) is 0 Å². The zero-order valence-corrected chi connectivity index (χ0v) is 12.9. The van der Waals surface area contributed by atoms with Crippen molar-refractivity contribution in [1.29, 1.82) is 0 Å². The Kier molecular flexibility index (Phi) is 4.16. The first-order chi connectivity index (χ1) is 10.6. The van der Waals surface area contributed by atoms with Crippen LogP contribution in [0.15, 0.2) is 30.3 Å². The van der Waals surface area contributed by atoms with Crippen LogP contribution in [0.1, 0.15) is 31.2 Å². The number of nitrogens with two attached hydrogens (primary N) is 1. The first-order valence-corrected chi connectivity index (χ1v) is 7.95. The topological polar surface area (TPSA) is 75.4 Å². The molecule has 1 aliphatic carbocycles. The minimum absolute atomic E-state index is 0.0578. The van der Waals surface area contributed by atoms with Gasteiger partial charge in [0.25, 0.3) is 0 Å². The molecule has 1 aromatic rings.